The fourth-order valence-electron chi connectivity index (χ4n) is 3.26. The van der Waals surface area contributed by atoms with Crippen LogP contribution < -0.4 is 0 Å². The molecule has 1 aliphatic carbocycles. The van der Waals surface area contributed by atoms with Crippen molar-refractivity contribution < 1.29 is 14.7 Å². The summed E-state index contributed by atoms with van der Waals surface area (Å²) in [6, 6.07) is 0.267. The first-order valence-corrected chi connectivity index (χ1v) is 5.18. The van der Waals surface area contributed by atoms with E-state index in [-0.39, 0.29) is 24.3 Å². The van der Waals surface area contributed by atoms with E-state index in [9.17, 15) is 9.59 Å². The van der Waals surface area contributed by atoms with Crippen LogP contribution in [0.1, 0.15) is 19.3 Å². The lowest BCUT2D eigenvalue weighted by molar-refractivity contribution is -0.138. The molecule has 0 radical (unpaired) electrons. The third kappa shape index (κ3) is 0.996. The second-order valence-electron chi connectivity index (χ2n) is 4.76. The molecular formula is C10H13NO3. The van der Waals surface area contributed by atoms with Gasteiger partial charge in [0.15, 0.2) is 0 Å². The molecule has 4 heteroatoms. The van der Waals surface area contributed by atoms with E-state index < -0.39 is 5.97 Å². The summed E-state index contributed by atoms with van der Waals surface area (Å²) in [5.41, 5.74) is 0. The molecule has 1 amide bonds. The van der Waals surface area contributed by atoms with Crippen LogP contribution in [0.5, 0.6) is 0 Å². The molecular weight excluding hydrogens is 182 g/mol. The normalized spacial score (nSPS) is 43.7. The number of fused-ring (bicyclic) bond motifs is 3. The van der Waals surface area contributed by atoms with E-state index >= 15 is 0 Å². The zero-order chi connectivity index (χ0) is 9.87. The molecule has 76 valence electrons. The minimum atomic E-state index is -0.770. The Hall–Kier alpha value is -1.06. The van der Waals surface area contributed by atoms with Crippen molar-refractivity contribution >= 4 is 11.9 Å². The summed E-state index contributed by atoms with van der Waals surface area (Å²) in [6.45, 7) is 0.893. The van der Waals surface area contributed by atoms with E-state index in [0.717, 1.165) is 6.54 Å². The maximum absolute atomic E-state index is 11.5. The average Bonchev–Trinajstić information content (AvgIpc) is 2.64. The van der Waals surface area contributed by atoms with Crippen LogP contribution in [0.15, 0.2) is 0 Å². The highest BCUT2D eigenvalue weighted by Crippen LogP contribution is 2.55. The van der Waals surface area contributed by atoms with Crippen LogP contribution in [0.2, 0.25) is 0 Å². The topological polar surface area (TPSA) is 57.6 Å². The molecule has 4 atom stereocenters. The van der Waals surface area contributed by atoms with Gasteiger partial charge < -0.3 is 10.0 Å². The second kappa shape index (κ2) is 2.49. The number of aliphatic carboxylic acids is 1. The zero-order valence-electron chi connectivity index (χ0n) is 7.85. The van der Waals surface area contributed by atoms with Gasteiger partial charge in [-0.3, -0.25) is 9.59 Å². The fraction of sp³-hybridized carbons (Fsp3) is 0.800. The second-order valence-corrected chi connectivity index (χ2v) is 4.76. The number of rotatable bonds is 2. The Labute approximate surface area is 81.9 Å². The highest BCUT2D eigenvalue weighted by Gasteiger charge is 2.59. The van der Waals surface area contributed by atoms with Crippen LogP contribution in [0.25, 0.3) is 0 Å². The maximum atomic E-state index is 11.5. The minimum Gasteiger partial charge on any atom is -0.481 e. The lowest BCUT2D eigenvalue weighted by Gasteiger charge is -2.22. The fourth-order valence-corrected chi connectivity index (χ4v) is 3.26. The Balaban J connectivity index is 1.80. The summed E-state index contributed by atoms with van der Waals surface area (Å²) in [4.78, 5) is 24.1. The van der Waals surface area contributed by atoms with Crippen molar-refractivity contribution in [2.75, 3.05) is 6.54 Å². The number of carbonyl (C=O) groups excluding carboxylic acids is 1. The molecule has 0 aromatic heterocycles. The molecule has 0 bridgehead atoms. The standard InChI is InChI=1S/C10H13NO3/c12-8-2-5(3-9(13)14)10-7-1-6(7)4-11(8)10/h5-7,10H,1-4H2,(H,13,14). The first-order valence-electron chi connectivity index (χ1n) is 5.18. The number of carboxylic acid groups (broad SMARTS) is 1. The van der Waals surface area contributed by atoms with Crippen molar-refractivity contribution in [3.05, 3.63) is 0 Å². The Morgan fingerprint density at radius 2 is 2.36 bits per heavy atom. The average molecular weight is 195 g/mol. The number of piperidine rings is 1. The summed E-state index contributed by atoms with van der Waals surface area (Å²) in [5, 5.41) is 8.75. The number of carboxylic acids is 1. The van der Waals surface area contributed by atoms with Crippen LogP contribution in [-0.4, -0.2) is 34.5 Å². The largest absolute Gasteiger partial charge is 0.481 e. The van der Waals surface area contributed by atoms with Crippen LogP contribution in [0, 0.1) is 17.8 Å². The molecule has 4 unspecified atom stereocenters. The van der Waals surface area contributed by atoms with Crippen LogP contribution in [-0.2, 0) is 9.59 Å². The lowest BCUT2D eigenvalue weighted by Crippen LogP contribution is -2.33. The van der Waals surface area contributed by atoms with E-state index in [1.807, 2.05) is 4.90 Å². The summed E-state index contributed by atoms with van der Waals surface area (Å²) >= 11 is 0. The molecule has 2 heterocycles. The first-order chi connectivity index (χ1) is 6.66. The third-order valence-electron chi connectivity index (χ3n) is 3.88. The molecule has 3 aliphatic rings. The first kappa shape index (κ1) is 8.26. The number of carbonyl (C=O) groups is 2. The summed E-state index contributed by atoms with van der Waals surface area (Å²) in [5.74, 6) is 0.811. The molecule has 2 aliphatic heterocycles. The van der Waals surface area contributed by atoms with Gasteiger partial charge in [0.05, 0.1) is 6.42 Å². The van der Waals surface area contributed by atoms with E-state index in [2.05, 4.69) is 0 Å². The van der Waals surface area contributed by atoms with Gasteiger partial charge in [-0.25, -0.2) is 0 Å². The molecule has 4 nitrogen and oxygen atoms in total. The van der Waals surface area contributed by atoms with E-state index in [0.29, 0.717) is 18.3 Å². The number of amides is 1. The van der Waals surface area contributed by atoms with Gasteiger partial charge in [0.2, 0.25) is 5.91 Å². The SMILES string of the molecule is O=C(O)CC1CC(=O)N2CC3CC3C12. The van der Waals surface area contributed by atoms with Crippen molar-refractivity contribution in [2.24, 2.45) is 17.8 Å². The Morgan fingerprint density at radius 1 is 1.57 bits per heavy atom. The van der Waals surface area contributed by atoms with Gasteiger partial charge in [0, 0.05) is 19.0 Å². The van der Waals surface area contributed by atoms with Gasteiger partial charge in [-0.05, 0) is 24.2 Å². The molecule has 3 fully saturated rings. The van der Waals surface area contributed by atoms with Crippen molar-refractivity contribution in [2.45, 2.75) is 25.3 Å². The molecule has 2 saturated heterocycles. The van der Waals surface area contributed by atoms with Crippen LogP contribution in [0.3, 0.4) is 0 Å². The molecule has 0 spiro atoms. The van der Waals surface area contributed by atoms with Crippen molar-refractivity contribution in [1.29, 1.82) is 0 Å². The Morgan fingerprint density at radius 3 is 3.07 bits per heavy atom. The molecule has 0 aromatic carbocycles. The summed E-state index contributed by atoms with van der Waals surface area (Å²) in [7, 11) is 0. The summed E-state index contributed by atoms with van der Waals surface area (Å²) in [6.07, 6.45) is 1.83. The van der Waals surface area contributed by atoms with Crippen molar-refractivity contribution in [3.63, 3.8) is 0 Å². The molecule has 0 aromatic rings. The highest BCUT2D eigenvalue weighted by atomic mass is 16.4. The van der Waals surface area contributed by atoms with Gasteiger partial charge >= 0.3 is 5.97 Å². The van der Waals surface area contributed by atoms with Crippen molar-refractivity contribution in [1.82, 2.24) is 4.90 Å². The predicted molar refractivity (Wildman–Crippen MR) is 47.5 cm³/mol. The summed E-state index contributed by atoms with van der Waals surface area (Å²) < 4.78 is 0. The molecule has 1 saturated carbocycles. The van der Waals surface area contributed by atoms with Crippen LogP contribution in [0.4, 0.5) is 0 Å². The van der Waals surface area contributed by atoms with Gasteiger partial charge in [0.1, 0.15) is 0 Å². The highest BCUT2D eigenvalue weighted by molar-refractivity contribution is 5.81. The van der Waals surface area contributed by atoms with Gasteiger partial charge in [-0.2, -0.15) is 0 Å². The maximum Gasteiger partial charge on any atom is 0.303 e. The zero-order valence-corrected chi connectivity index (χ0v) is 7.85. The molecule has 3 rings (SSSR count). The van der Waals surface area contributed by atoms with Gasteiger partial charge in [-0.1, -0.05) is 0 Å². The molecule has 14 heavy (non-hydrogen) atoms. The number of hydrogen-bond acceptors (Lipinski definition) is 2. The Bertz CT molecular complexity index is 312. The number of nitrogens with zero attached hydrogens (tertiary/aromatic N) is 1. The van der Waals surface area contributed by atoms with E-state index in [4.69, 9.17) is 5.11 Å². The monoisotopic (exact) mass is 195 g/mol. The predicted octanol–water partition coefficient (Wildman–Crippen LogP) is 0.328. The van der Waals surface area contributed by atoms with E-state index in [1.165, 1.54) is 6.42 Å². The Kier molecular flexibility index (Phi) is 1.47. The van der Waals surface area contributed by atoms with Crippen molar-refractivity contribution in [3.8, 4) is 0 Å². The third-order valence-corrected chi connectivity index (χ3v) is 3.88. The molecule has 1 N–H and O–H groups in total. The van der Waals surface area contributed by atoms with Gasteiger partial charge in [0.25, 0.3) is 0 Å². The quantitative estimate of drug-likeness (QED) is 0.690. The van der Waals surface area contributed by atoms with Gasteiger partial charge in [-0.15, -0.1) is 0 Å². The lowest BCUT2D eigenvalue weighted by atomic mass is 9.93. The number of hydrogen-bond donors (Lipinski definition) is 1. The minimum absolute atomic E-state index is 0.0810. The van der Waals surface area contributed by atoms with E-state index in [1.54, 1.807) is 0 Å². The van der Waals surface area contributed by atoms with Crippen LogP contribution >= 0.6 is 0 Å². The smallest absolute Gasteiger partial charge is 0.303 e.